The van der Waals surface area contributed by atoms with E-state index in [0.29, 0.717) is 5.56 Å². The highest BCUT2D eigenvalue weighted by molar-refractivity contribution is 7.79. The van der Waals surface area contributed by atoms with Crippen molar-refractivity contribution in [1.82, 2.24) is 0 Å². The molecule has 0 aliphatic rings. The minimum Gasteiger partial charge on any atom is -0.451 e. The molecule has 7 heteroatoms. The van der Waals surface area contributed by atoms with E-state index < -0.39 is 34.8 Å². The van der Waals surface area contributed by atoms with Crippen LogP contribution in [0.25, 0.3) is 0 Å². The monoisotopic (exact) mass is 304 g/mol. The first-order chi connectivity index (χ1) is 9.45. The summed E-state index contributed by atoms with van der Waals surface area (Å²) < 4.78 is 70.2. The van der Waals surface area contributed by atoms with Crippen molar-refractivity contribution in [2.75, 3.05) is 0 Å². The Labute approximate surface area is 115 Å². The van der Waals surface area contributed by atoms with Crippen molar-refractivity contribution >= 4 is 17.6 Å². The van der Waals surface area contributed by atoms with Gasteiger partial charge < -0.3 is 4.74 Å². The molecule has 0 saturated carbocycles. The minimum absolute atomic E-state index is 0.0891. The molecule has 104 valence electrons. The second-order valence-electron chi connectivity index (χ2n) is 3.69. The van der Waals surface area contributed by atoms with Crippen LogP contribution < -0.4 is 4.74 Å². The van der Waals surface area contributed by atoms with Crippen molar-refractivity contribution in [3.8, 4) is 11.5 Å². The third kappa shape index (κ3) is 2.49. The van der Waals surface area contributed by atoms with Crippen molar-refractivity contribution < 1.29 is 26.7 Å². The van der Waals surface area contributed by atoms with Crippen LogP contribution in [0.5, 0.6) is 11.5 Å². The van der Waals surface area contributed by atoms with Crippen LogP contribution >= 0.6 is 12.2 Å². The van der Waals surface area contributed by atoms with Crippen LogP contribution in [0.15, 0.2) is 24.3 Å². The Balaban J connectivity index is 2.45. The summed E-state index contributed by atoms with van der Waals surface area (Å²) in [5.74, 6) is -11.8. The lowest BCUT2D eigenvalue weighted by Gasteiger charge is -2.09. The van der Waals surface area contributed by atoms with E-state index in [9.17, 15) is 22.0 Å². The number of halogens is 5. The molecule has 0 saturated heterocycles. The predicted molar refractivity (Wildman–Crippen MR) is 65.5 cm³/mol. The summed E-state index contributed by atoms with van der Waals surface area (Å²) in [6, 6.07) is 5.51. The fourth-order valence-corrected chi connectivity index (χ4v) is 1.56. The summed E-state index contributed by atoms with van der Waals surface area (Å²) >= 11 is 4.65. The van der Waals surface area contributed by atoms with Gasteiger partial charge in [0.1, 0.15) is 5.75 Å². The largest absolute Gasteiger partial charge is 0.451 e. The Morgan fingerprint density at radius 2 is 1.20 bits per heavy atom. The standard InChI is InChI=1S/C13H5F5OS/c14-8-9(15)11(17)13(12(18)10(8)16)19-7-3-1-6(5-20)2-4-7/h1-5H. The van der Waals surface area contributed by atoms with Gasteiger partial charge in [-0.05, 0) is 17.7 Å². The smallest absolute Gasteiger partial charge is 0.207 e. The first-order valence-corrected chi connectivity index (χ1v) is 5.67. The fourth-order valence-electron chi connectivity index (χ4n) is 1.41. The molecule has 0 atom stereocenters. The highest BCUT2D eigenvalue weighted by Crippen LogP contribution is 2.32. The normalized spacial score (nSPS) is 10.4. The Kier molecular flexibility index (Phi) is 3.99. The van der Waals surface area contributed by atoms with Crippen LogP contribution in [0.3, 0.4) is 0 Å². The molecule has 0 amide bonds. The van der Waals surface area contributed by atoms with E-state index in [2.05, 4.69) is 12.2 Å². The summed E-state index contributed by atoms with van der Waals surface area (Å²) in [5, 5.41) is 1.35. The van der Waals surface area contributed by atoms with Crippen LogP contribution in [0.4, 0.5) is 22.0 Å². The van der Waals surface area contributed by atoms with E-state index in [0.717, 1.165) is 0 Å². The second kappa shape index (κ2) is 5.54. The van der Waals surface area contributed by atoms with Gasteiger partial charge in [0.2, 0.25) is 34.8 Å². The van der Waals surface area contributed by atoms with Crippen LogP contribution in [0, 0.1) is 29.1 Å². The third-order valence-electron chi connectivity index (χ3n) is 2.41. The van der Waals surface area contributed by atoms with Crippen LogP contribution in [0.2, 0.25) is 0 Å². The zero-order valence-electron chi connectivity index (χ0n) is 9.59. The molecule has 0 radical (unpaired) electrons. The lowest BCUT2D eigenvalue weighted by atomic mass is 10.2. The van der Waals surface area contributed by atoms with E-state index in [1.54, 1.807) is 0 Å². The maximum atomic E-state index is 13.4. The van der Waals surface area contributed by atoms with Gasteiger partial charge in [0.25, 0.3) is 0 Å². The Morgan fingerprint density at radius 1 is 0.750 bits per heavy atom. The van der Waals surface area contributed by atoms with Gasteiger partial charge in [0.15, 0.2) is 0 Å². The molecule has 0 fully saturated rings. The first-order valence-electron chi connectivity index (χ1n) is 5.20. The SMILES string of the molecule is Fc1c(F)c(F)c(Oc2ccc(C=S)cc2)c(F)c1F. The molecule has 1 nitrogen and oxygen atoms in total. The van der Waals surface area contributed by atoms with Gasteiger partial charge in [0.05, 0.1) is 0 Å². The highest BCUT2D eigenvalue weighted by atomic mass is 32.1. The number of ether oxygens (including phenoxy) is 1. The number of hydrogen-bond acceptors (Lipinski definition) is 2. The molecule has 0 aromatic heterocycles. The summed E-state index contributed by atoms with van der Waals surface area (Å²) in [6.45, 7) is 0. The van der Waals surface area contributed by atoms with Gasteiger partial charge in [-0.2, -0.15) is 8.78 Å². The average molecular weight is 304 g/mol. The molecule has 0 spiro atoms. The maximum absolute atomic E-state index is 13.4. The lowest BCUT2D eigenvalue weighted by Crippen LogP contribution is -2.04. The van der Waals surface area contributed by atoms with E-state index in [4.69, 9.17) is 4.74 Å². The van der Waals surface area contributed by atoms with E-state index in [-0.39, 0.29) is 5.75 Å². The van der Waals surface area contributed by atoms with E-state index >= 15 is 0 Å². The topological polar surface area (TPSA) is 9.23 Å². The summed E-state index contributed by atoms with van der Waals surface area (Å²) in [5.41, 5.74) is 0.629. The first kappa shape index (κ1) is 14.4. The van der Waals surface area contributed by atoms with Crippen molar-refractivity contribution in [1.29, 1.82) is 0 Å². The summed E-state index contributed by atoms with van der Waals surface area (Å²) in [6.07, 6.45) is 0. The molecule has 0 unspecified atom stereocenters. The Morgan fingerprint density at radius 3 is 1.65 bits per heavy atom. The molecule has 0 N–H and O–H groups in total. The number of hydrogen-bond donors (Lipinski definition) is 0. The van der Waals surface area contributed by atoms with Crippen molar-refractivity contribution in [3.63, 3.8) is 0 Å². The number of rotatable bonds is 3. The molecule has 2 aromatic carbocycles. The maximum Gasteiger partial charge on any atom is 0.207 e. The van der Waals surface area contributed by atoms with Crippen molar-refractivity contribution in [2.45, 2.75) is 0 Å². The zero-order chi connectivity index (χ0) is 14.9. The van der Waals surface area contributed by atoms with Gasteiger partial charge in [0, 0.05) is 5.37 Å². The Hall–Kier alpha value is -2.02. The quantitative estimate of drug-likeness (QED) is 0.357. The van der Waals surface area contributed by atoms with Gasteiger partial charge in [-0.25, -0.2) is 13.2 Å². The molecule has 0 bridgehead atoms. The molecule has 0 heterocycles. The summed E-state index contributed by atoms with van der Waals surface area (Å²) in [4.78, 5) is 0. The number of thiocarbonyl (C=S) groups is 1. The van der Waals surface area contributed by atoms with Crippen LogP contribution in [-0.4, -0.2) is 5.37 Å². The molecule has 0 aliphatic heterocycles. The fraction of sp³-hybridized carbons (Fsp3) is 0. The molecule has 2 rings (SSSR count). The summed E-state index contributed by atoms with van der Waals surface area (Å²) in [7, 11) is 0. The van der Waals surface area contributed by atoms with E-state index in [1.807, 2.05) is 0 Å². The third-order valence-corrected chi connectivity index (χ3v) is 2.68. The molecular weight excluding hydrogens is 299 g/mol. The zero-order valence-corrected chi connectivity index (χ0v) is 10.4. The molecule has 2 aromatic rings. The van der Waals surface area contributed by atoms with Gasteiger partial charge in [-0.15, -0.1) is 0 Å². The second-order valence-corrected chi connectivity index (χ2v) is 3.92. The van der Waals surface area contributed by atoms with Gasteiger partial charge >= 0.3 is 0 Å². The lowest BCUT2D eigenvalue weighted by molar-refractivity contribution is 0.332. The van der Waals surface area contributed by atoms with Crippen LogP contribution in [0.1, 0.15) is 5.56 Å². The van der Waals surface area contributed by atoms with Crippen LogP contribution in [-0.2, 0) is 0 Å². The predicted octanol–water partition coefficient (Wildman–Crippen LogP) is 4.52. The van der Waals surface area contributed by atoms with Crippen molar-refractivity contribution in [3.05, 3.63) is 58.9 Å². The average Bonchev–Trinajstić information content (AvgIpc) is 2.48. The van der Waals surface area contributed by atoms with Gasteiger partial charge in [-0.3, -0.25) is 0 Å². The van der Waals surface area contributed by atoms with E-state index in [1.165, 1.54) is 29.6 Å². The minimum atomic E-state index is -2.23. The van der Waals surface area contributed by atoms with Crippen molar-refractivity contribution in [2.24, 2.45) is 0 Å². The molecule has 20 heavy (non-hydrogen) atoms. The molecular formula is C13H5F5OS. The highest BCUT2D eigenvalue weighted by Gasteiger charge is 2.27. The van der Waals surface area contributed by atoms with Gasteiger partial charge in [-0.1, -0.05) is 24.4 Å². The Bertz CT molecular complexity index is 640. The molecule has 0 aliphatic carbocycles. The number of benzene rings is 2.